The van der Waals surface area contributed by atoms with Gasteiger partial charge in [0.25, 0.3) is 11.5 Å². The molecule has 8 nitrogen and oxygen atoms in total. The Labute approximate surface area is 139 Å². The number of nitrogens with two attached hydrogens (primary N) is 2. The van der Waals surface area contributed by atoms with Gasteiger partial charge in [0, 0.05) is 18.3 Å². The molecule has 0 unspecified atom stereocenters. The van der Waals surface area contributed by atoms with Crippen LogP contribution in [0.5, 0.6) is 0 Å². The van der Waals surface area contributed by atoms with Crippen LogP contribution < -0.4 is 27.7 Å². The maximum atomic E-state index is 12.2. The van der Waals surface area contributed by atoms with Crippen LogP contribution in [0.2, 0.25) is 0 Å². The first-order valence-electron chi connectivity index (χ1n) is 7.55. The summed E-state index contributed by atoms with van der Waals surface area (Å²) in [6.45, 7) is 6.14. The van der Waals surface area contributed by atoms with Gasteiger partial charge in [-0.05, 0) is 44.0 Å². The molecule has 0 radical (unpaired) electrons. The van der Waals surface area contributed by atoms with Crippen molar-refractivity contribution in [3.63, 3.8) is 0 Å². The van der Waals surface area contributed by atoms with Crippen LogP contribution in [0, 0.1) is 13.8 Å². The molecule has 1 heterocycles. The van der Waals surface area contributed by atoms with E-state index in [4.69, 9.17) is 11.5 Å². The summed E-state index contributed by atoms with van der Waals surface area (Å²) in [7, 11) is 0. The van der Waals surface area contributed by atoms with E-state index >= 15 is 0 Å². The quantitative estimate of drug-likeness (QED) is 0.535. The van der Waals surface area contributed by atoms with E-state index in [0.717, 1.165) is 11.1 Å². The van der Waals surface area contributed by atoms with Crippen LogP contribution in [0.4, 0.5) is 17.5 Å². The van der Waals surface area contributed by atoms with E-state index in [-0.39, 0.29) is 23.4 Å². The maximum Gasteiger partial charge on any atom is 0.267 e. The highest BCUT2D eigenvalue weighted by molar-refractivity contribution is 5.98. The summed E-state index contributed by atoms with van der Waals surface area (Å²) in [5.74, 6) is -0.535. The first-order valence-corrected chi connectivity index (χ1v) is 7.55. The topological polar surface area (TPSA) is 139 Å². The lowest BCUT2D eigenvalue weighted by molar-refractivity contribution is 0.0999. The molecular weight excluding hydrogens is 308 g/mol. The highest BCUT2D eigenvalue weighted by atomic mass is 16.2. The van der Waals surface area contributed by atoms with Gasteiger partial charge in [0.05, 0.1) is 0 Å². The van der Waals surface area contributed by atoms with E-state index in [9.17, 15) is 9.59 Å². The number of aryl methyl sites for hydroxylation is 2. The van der Waals surface area contributed by atoms with Crippen molar-refractivity contribution in [3.8, 4) is 0 Å². The molecule has 8 heteroatoms. The standard InChI is InChI=1S/C16H22N6O2/c1-8-4-9(2)6-11(5-8)20-14-12(13(18)23)15(24)22-16(21-14)19-7-10(3)17/h4-6,10H,7,17H2,1-3H3,(H2,18,23)(H3,19,20,21,22,24)/t10-/m0/s1. The summed E-state index contributed by atoms with van der Waals surface area (Å²) < 4.78 is 0. The Morgan fingerprint density at radius 2 is 1.92 bits per heavy atom. The largest absolute Gasteiger partial charge is 0.365 e. The average Bonchev–Trinajstić information content (AvgIpc) is 2.43. The molecule has 2 aromatic rings. The van der Waals surface area contributed by atoms with E-state index in [1.54, 1.807) is 0 Å². The number of primary amides is 1. The number of hydrogen-bond acceptors (Lipinski definition) is 6. The van der Waals surface area contributed by atoms with E-state index < -0.39 is 11.5 Å². The minimum atomic E-state index is -0.852. The number of aromatic amines is 1. The number of nitrogens with zero attached hydrogens (tertiary/aromatic N) is 1. The molecule has 1 aromatic heterocycles. The predicted octanol–water partition coefficient (Wildman–Crippen LogP) is 0.988. The summed E-state index contributed by atoms with van der Waals surface area (Å²) in [5, 5.41) is 5.92. The van der Waals surface area contributed by atoms with Crippen LogP contribution in [0.3, 0.4) is 0 Å². The number of amides is 1. The molecule has 1 atom stereocenters. The zero-order valence-electron chi connectivity index (χ0n) is 13.9. The van der Waals surface area contributed by atoms with Gasteiger partial charge in [-0.2, -0.15) is 4.98 Å². The lowest BCUT2D eigenvalue weighted by atomic mass is 10.1. The van der Waals surface area contributed by atoms with Gasteiger partial charge in [0.1, 0.15) is 5.56 Å². The average molecular weight is 330 g/mol. The third-order valence-electron chi connectivity index (χ3n) is 3.24. The van der Waals surface area contributed by atoms with Gasteiger partial charge in [-0.3, -0.25) is 14.6 Å². The Balaban J connectivity index is 2.44. The lowest BCUT2D eigenvalue weighted by Crippen LogP contribution is -2.30. The summed E-state index contributed by atoms with van der Waals surface area (Å²) >= 11 is 0. The molecule has 0 aliphatic rings. The predicted molar refractivity (Wildman–Crippen MR) is 94.7 cm³/mol. The van der Waals surface area contributed by atoms with Crippen LogP contribution in [0.1, 0.15) is 28.4 Å². The smallest absolute Gasteiger partial charge is 0.267 e. The van der Waals surface area contributed by atoms with Gasteiger partial charge in [0.15, 0.2) is 5.82 Å². The Morgan fingerprint density at radius 1 is 1.29 bits per heavy atom. The van der Waals surface area contributed by atoms with Crippen LogP contribution in [0.25, 0.3) is 0 Å². The van der Waals surface area contributed by atoms with Crippen LogP contribution in [-0.2, 0) is 0 Å². The third kappa shape index (κ3) is 4.32. The van der Waals surface area contributed by atoms with Crippen LogP contribution in [0.15, 0.2) is 23.0 Å². The molecule has 1 amide bonds. The highest BCUT2D eigenvalue weighted by Gasteiger charge is 2.17. The van der Waals surface area contributed by atoms with Gasteiger partial charge < -0.3 is 22.1 Å². The Bertz CT molecular complexity index is 792. The summed E-state index contributed by atoms with van der Waals surface area (Å²) in [5.41, 5.74) is 13.0. The second-order valence-corrected chi connectivity index (χ2v) is 5.86. The number of rotatable bonds is 6. The second kappa shape index (κ2) is 7.14. The van der Waals surface area contributed by atoms with Gasteiger partial charge in [0.2, 0.25) is 5.95 Å². The summed E-state index contributed by atoms with van der Waals surface area (Å²) in [4.78, 5) is 30.5. The van der Waals surface area contributed by atoms with Crippen molar-refractivity contribution >= 4 is 23.4 Å². The molecular formula is C16H22N6O2. The molecule has 0 bridgehead atoms. The molecule has 0 aliphatic heterocycles. The van der Waals surface area contributed by atoms with Gasteiger partial charge in [-0.15, -0.1) is 0 Å². The summed E-state index contributed by atoms with van der Waals surface area (Å²) in [6, 6.07) is 5.66. The van der Waals surface area contributed by atoms with Gasteiger partial charge >= 0.3 is 0 Å². The number of carbonyl (C=O) groups is 1. The van der Waals surface area contributed by atoms with Crippen LogP contribution in [-0.4, -0.2) is 28.5 Å². The molecule has 0 fully saturated rings. The maximum absolute atomic E-state index is 12.2. The molecule has 0 spiro atoms. The van der Waals surface area contributed by atoms with Gasteiger partial charge in [-0.1, -0.05) is 6.07 Å². The molecule has 2 rings (SSSR count). The monoisotopic (exact) mass is 330 g/mol. The SMILES string of the molecule is Cc1cc(C)cc(Nc2nc(NC[C@H](C)N)[nH]c(=O)c2C(N)=O)c1. The number of benzene rings is 1. The number of carbonyl (C=O) groups excluding carboxylic acids is 1. The number of nitrogens with one attached hydrogen (secondary N) is 3. The van der Waals surface area contributed by atoms with Crippen molar-refractivity contribution in [2.75, 3.05) is 17.2 Å². The second-order valence-electron chi connectivity index (χ2n) is 5.86. The minimum absolute atomic E-state index is 0.100. The van der Waals surface area contributed by atoms with Crippen LogP contribution >= 0.6 is 0 Å². The third-order valence-corrected chi connectivity index (χ3v) is 3.24. The summed E-state index contributed by atoms with van der Waals surface area (Å²) in [6.07, 6.45) is 0. The number of hydrogen-bond donors (Lipinski definition) is 5. The first-order chi connectivity index (χ1) is 11.3. The number of aromatic nitrogens is 2. The zero-order valence-corrected chi connectivity index (χ0v) is 13.9. The van der Waals surface area contributed by atoms with E-state index in [0.29, 0.717) is 12.2 Å². The Morgan fingerprint density at radius 3 is 2.46 bits per heavy atom. The van der Waals surface area contributed by atoms with E-state index in [1.807, 2.05) is 39.0 Å². The number of anilines is 3. The first kappa shape index (κ1) is 17.5. The number of H-pyrrole nitrogens is 1. The fourth-order valence-electron chi connectivity index (χ4n) is 2.32. The van der Waals surface area contributed by atoms with E-state index in [2.05, 4.69) is 20.6 Å². The van der Waals surface area contributed by atoms with Crippen molar-refractivity contribution < 1.29 is 4.79 Å². The Kier molecular flexibility index (Phi) is 5.20. The zero-order chi connectivity index (χ0) is 17.9. The van der Waals surface area contributed by atoms with Crippen molar-refractivity contribution in [2.24, 2.45) is 11.5 Å². The molecule has 24 heavy (non-hydrogen) atoms. The molecule has 128 valence electrons. The molecule has 0 aliphatic carbocycles. The molecule has 0 saturated heterocycles. The Hall–Kier alpha value is -2.87. The fraction of sp³-hybridized carbons (Fsp3) is 0.312. The minimum Gasteiger partial charge on any atom is -0.365 e. The molecule has 1 aromatic carbocycles. The highest BCUT2D eigenvalue weighted by Crippen LogP contribution is 2.20. The lowest BCUT2D eigenvalue weighted by Gasteiger charge is -2.13. The molecule has 0 saturated carbocycles. The van der Waals surface area contributed by atoms with Crippen molar-refractivity contribution in [2.45, 2.75) is 26.8 Å². The van der Waals surface area contributed by atoms with E-state index in [1.165, 1.54) is 0 Å². The molecule has 7 N–H and O–H groups in total. The fourth-order valence-corrected chi connectivity index (χ4v) is 2.32. The van der Waals surface area contributed by atoms with Crippen molar-refractivity contribution in [1.82, 2.24) is 9.97 Å². The van der Waals surface area contributed by atoms with Crippen molar-refractivity contribution in [1.29, 1.82) is 0 Å². The van der Waals surface area contributed by atoms with Crippen molar-refractivity contribution in [3.05, 3.63) is 45.2 Å². The van der Waals surface area contributed by atoms with Gasteiger partial charge in [-0.25, -0.2) is 0 Å². The normalized spacial score (nSPS) is 11.8.